The van der Waals surface area contributed by atoms with E-state index in [0.29, 0.717) is 18.0 Å². The molecule has 0 spiro atoms. The Kier molecular flexibility index (Phi) is 4.96. The van der Waals surface area contributed by atoms with Gasteiger partial charge in [0.15, 0.2) is 0 Å². The lowest BCUT2D eigenvalue weighted by Gasteiger charge is -2.39. The Balaban J connectivity index is 1.66. The first-order valence-electron chi connectivity index (χ1n) is 8.27. The first-order chi connectivity index (χ1) is 10.2. The summed E-state index contributed by atoms with van der Waals surface area (Å²) < 4.78 is 0. The molecule has 1 saturated heterocycles. The maximum Gasteiger partial charge on any atom is 0.219 e. The molecule has 1 aliphatic carbocycles. The Morgan fingerprint density at radius 1 is 1.24 bits per heavy atom. The van der Waals surface area contributed by atoms with Gasteiger partial charge in [-0.05, 0) is 30.7 Å². The second-order valence-corrected chi connectivity index (χ2v) is 7.55. The molecule has 1 amide bonds. The van der Waals surface area contributed by atoms with E-state index in [0.717, 1.165) is 13.1 Å². The normalized spacial score (nSPS) is 27.8. The third-order valence-corrected chi connectivity index (χ3v) is 5.95. The molecule has 2 unspecified atom stereocenters. The van der Waals surface area contributed by atoms with Crippen LogP contribution in [0.4, 0.5) is 0 Å². The zero-order chi connectivity index (χ0) is 14.7. The predicted octanol–water partition coefficient (Wildman–Crippen LogP) is 3.37. The lowest BCUT2D eigenvalue weighted by atomic mass is 9.90. The van der Waals surface area contributed by atoms with Crippen LogP contribution in [0.15, 0.2) is 17.5 Å². The van der Waals surface area contributed by atoms with E-state index >= 15 is 0 Å². The molecule has 0 bridgehead atoms. The maximum atomic E-state index is 11.9. The van der Waals surface area contributed by atoms with Gasteiger partial charge < -0.3 is 10.2 Å². The first-order valence-corrected chi connectivity index (χ1v) is 9.15. The first kappa shape index (κ1) is 15.0. The Bertz CT molecular complexity index is 453. The molecule has 1 N–H and O–H groups in total. The van der Waals surface area contributed by atoms with E-state index in [4.69, 9.17) is 0 Å². The maximum absolute atomic E-state index is 11.9. The number of thiophene rings is 1. The van der Waals surface area contributed by atoms with Crippen LogP contribution in [0.2, 0.25) is 0 Å². The summed E-state index contributed by atoms with van der Waals surface area (Å²) >= 11 is 1.83. The van der Waals surface area contributed by atoms with E-state index in [1.165, 1.54) is 43.4 Å². The fraction of sp³-hybridized carbons (Fsp3) is 0.706. The van der Waals surface area contributed by atoms with Gasteiger partial charge in [-0.15, -0.1) is 11.3 Å². The van der Waals surface area contributed by atoms with Gasteiger partial charge in [0, 0.05) is 42.9 Å². The lowest BCUT2D eigenvalue weighted by molar-refractivity contribution is -0.130. The fourth-order valence-corrected chi connectivity index (χ4v) is 4.64. The second-order valence-electron chi connectivity index (χ2n) is 6.57. The van der Waals surface area contributed by atoms with Crippen molar-refractivity contribution in [3.05, 3.63) is 22.4 Å². The molecule has 4 heteroatoms. The number of likely N-dealkylation sites (tertiary alicyclic amines) is 1. The molecular weight excluding hydrogens is 280 g/mol. The van der Waals surface area contributed by atoms with Gasteiger partial charge in [-0.25, -0.2) is 0 Å². The highest BCUT2D eigenvalue weighted by molar-refractivity contribution is 7.10. The number of piperidine rings is 1. The van der Waals surface area contributed by atoms with Crippen molar-refractivity contribution in [1.82, 2.24) is 10.2 Å². The van der Waals surface area contributed by atoms with Crippen LogP contribution in [-0.2, 0) is 4.79 Å². The highest BCUT2D eigenvalue weighted by Gasteiger charge is 2.31. The molecule has 2 fully saturated rings. The highest BCUT2D eigenvalue weighted by Crippen LogP contribution is 2.31. The molecule has 3 rings (SSSR count). The molecular formula is C17H26N2OS. The molecule has 2 atom stereocenters. The van der Waals surface area contributed by atoms with Gasteiger partial charge in [0.1, 0.15) is 0 Å². The quantitative estimate of drug-likeness (QED) is 0.928. The molecule has 2 aliphatic rings. The van der Waals surface area contributed by atoms with Crippen LogP contribution < -0.4 is 5.32 Å². The van der Waals surface area contributed by atoms with Crippen molar-refractivity contribution in [1.29, 1.82) is 0 Å². The van der Waals surface area contributed by atoms with E-state index in [-0.39, 0.29) is 5.91 Å². The number of amides is 1. The minimum Gasteiger partial charge on any atom is -0.341 e. The van der Waals surface area contributed by atoms with Gasteiger partial charge >= 0.3 is 0 Å². The van der Waals surface area contributed by atoms with Crippen LogP contribution in [0.5, 0.6) is 0 Å². The van der Waals surface area contributed by atoms with Gasteiger partial charge in [-0.3, -0.25) is 4.79 Å². The molecule has 116 valence electrons. The molecule has 1 aromatic heterocycles. The Hall–Kier alpha value is -0.870. The van der Waals surface area contributed by atoms with Crippen molar-refractivity contribution < 1.29 is 4.79 Å². The van der Waals surface area contributed by atoms with E-state index < -0.39 is 0 Å². The van der Waals surface area contributed by atoms with Gasteiger partial charge in [-0.1, -0.05) is 25.3 Å². The fourth-order valence-electron chi connectivity index (χ4n) is 3.81. The van der Waals surface area contributed by atoms with Crippen molar-refractivity contribution in [3.8, 4) is 0 Å². The third kappa shape index (κ3) is 3.86. The molecule has 1 aliphatic heterocycles. The number of rotatable bonds is 3. The summed E-state index contributed by atoms with van der Waals surface area (Å²) in [6.07, 6.45) is 7.88. The summed E-state index contributed by atoms with van der Waals surface area (Å²) in [5, 5.41) is 5.99. The summed E-state index contributed by atoms with van der Waals surface area (Å²) in [6.45, 7) is 3.47. The summed E-state index contributed by atoms with van der Waals surface area (Å²) in [4.78, 5) is 15.3. The summed E-state index contributed by atoms with van der Waals surface area (Å²) in [6, 6.07) is 5.46. The van der Waals surface area contributed by atoms with Crippen molar-refractivity contribution in [2.75, 3.05) is 13.1 Å². The number of carbonyl (C=O) groups excluding carboxylic acids is 1. The van der Waals surface area contributed by atoms with Crippen molar-refractivity contribution in [2.24, 2.45) is 0 Å². The topological polar surface area (TPSA) is 32.3 Å². The highest BCUT2D eigenvalue weighted by atomic mass is 32.1. The molecule has 1 aromatic rings. The predicted molar refractivity (Wildman–Crippen MR) is 87.7 cm³/mol. The number of nitrogens with one attached hydrogen (secondary N) is 1. The van der Waals surface area contributed by atoms with Crippen LogP contribution in [0.1, 0.15) is 56.2 Å². The number of carbonyl (C=O) groups is 1. The van der Waals surface area contributed by atoms with Crippen LogP contribution in [0, 0.1) is 0 Å². The third-order valence-electron chi connectivity index (χ3n) is 4.92. The Labute approximate surface area is 131 Å². The van der Waals surface area contributed by atoms with E-state index in [1.807, 2.05) is 16.2 Å². The minimum absolute atomic E-state index is 0.215. The SMILES string of the molecule is CC(=O)N1CC(NC2CCCCC2)CC(c2cccs2)C1. The van der Waals surface area contributed by atoms with Gasteiger partial charge in [0.05, 0.1) is 0 Å². The lowest BCUT2D eigenvalue weighted by Crippen LogP contribution is -2.52. The second kappa shape index (κ2) is 6.93. The minimum atomic E-state index is 0.215. The van der Waals surface area contributed by atoms with Crippen molar-refractivity contribution in [3.63, 3.8) is 0 Å². The summed E-state index contributed by atoms with van der Waals surface area (Å²) in [5.74, 6) is 0.718. The van der Waals surface area contributed by atoms with E-state index in [1.54, 1.807) is 6.92 Å². The molecule has 3 nitrogen and oxygen atoms in total. The number of hydrogen-bond acceptors (Lipinski definition) is 3. The van der Waals surface area contributed by atoms with Gasteiger partial charge in [-0.2, -0.15) is 0 Å². The zero-order valence-corrected chi connectivity index (χ0v) is 13.7. The zero-order valence-electron chi connectivity index (χ0n) is 12.9. The smallest absolute Gasteiger partial charge is 0.219 e. The van der Waals surface area contributed by atoms with E-state index in [2.05, 4.69) is 22.8 Å². The van der Waals surface area contributed by atoms with Crippen LogP contribution in [-0.4, -0.2) is 36.0 Å². The molecule has 2 heterocycles. The molecule has 0 aromatic carbocycles. The van der Waals surface area contributed by atoms with Crippen LogP contribution >= 0.6 is 11.3 Å². The number of hydrogen-bond donors (Lipinski definition) is 1. The Morgan fingerprint density at radius 2 is 2.05 bits per heavy atom. The van der Waals surface area contributed by atoms with Crippen molar-refractivity contribution >= 4 is 17.2 Å². The monoisotopic (exact) mass is 306 g/mol. The van der Waals surface area contributed by atoms with Gasteiger partial charge in [0.2, 0.25) is 5.91 Å². The molecule has 0 radical (unpaired) electrons. The average molecular weight is 306 g/mol. The summed E-state index contributed by atoms with van der Waals surface area (Å²) in [5.41, 5.74) is 0. The van der Waals surface area contributed by atoms with Crippen LogP contribution in [0.25, 0.3) is 0 Å². The average Bonchev–Trinajstić information content (AvgIpc) is 3.02. The van der Waals surface area contributed by atoms with E-state index in [9.17, 15) is 4.79 Å². The van der Waals surface area contributed by atoms with Gasteiger partial charge in [0.25, 0.3) is 0 Å². The molecule has 1 saturated carbocycles. The van der Waals surface area contributed by atoms with Crippen molar-refractivity contribution in [2.45, 2.75) is 63.5 Å². The van der Waals surface area contributed by atoms with Crippen LogP contribution in [0.3, 0.4) is 0 Å². The number of nitrogens with zero attached hydrogens (tertiary/aromatic N) is 1. The Morgan fingerprint density at radius 3 is 2.71 bits per heavy atom. The largest absolute Gasteiger partial charge is 0.341 e. The summed E-state index contributed by atoms with van der Waals surface area (Å²) in [7, 11) is 0. The molecule has 21 heavy (non-hydrogen) atoms. The standard InChI is InChI=1S/C17H26N2OS/c1-13(20)19-11-14(17-8-5-9-21-17)10-16(12-19)18-15-6-3-2-4-7-15/h5,8-9,14-16,18H,2-4,6-7,10-12H2,1H3.